The molecule has 1 N–H and O–H groups in total. The molecule has 150 valence electrons. The van der Waals surface area contributed by atoms with Crippen LogP contribution in [-0.4, -0.2) is 37.6 Å². The highest BCUT2D eigenvalue weighted by atomic mass is 16.5. The number of ether oxygens (including phenoxy) is 1. The van der Waals surface area contributed by atoms with E-state index in [2.05, 4.69) is 39.2 Å². The summed E-state index contributed by atoms with van der Waals surface area (Å²) in [6.45, 7) is 4.73. The lowest BCUT2D eigenvalue weighted by atomic mass is 10.2. The number of anilines is 2. The molecule has 1 amide bonds. The Balaban J connectivity index is 1.48. The molecule has 0 radical (unpaired) electrons. The molecule has 0 fully saturated rings. The number of amides is 1. The van der Waals surface area contributed by atoms with Crippen LogP contribution in [0.5, 0.6) is 0 Å². The maximum atomic E-state index is 12.3. The van der Waals surface area contributed by atoms with Gasteiger partial charge < -0.3 is 19.9 Å². The van der Waals surface area contributed by atoms with Crippen molar-refractivity contribution < 1.29 is 9.53 Å². The number of aromatic nitrogens is 1. The third kappa shape index (κ3) is 5.45. The van der Waals surface area contributed by atoms with Gasteiger partial charge in [0.1, 0.15) is 6.73 Å². The molecule has 0 unspecified atom stereocenters. The molecule has 6 nitrogen and oxygen atoms in total. The average molecular weight is 383 g/mol. The van der Waals surface area contributed by atoms with Crippen LogP contribution in [0, 0.1) is 0 Å². The number of pyridine rings is 1. The molecule has 0 spiro atoms. The van der Waals surface area contributed by atoms with Crippen LogP contribution in [0.3, 0.4) is 0 Å². The molecule has 2 heterocycles. The predicted molar refractivity (Wildman–Crippen MR) is 112 cm³/mol. The van der Waals surface area contributed by atoms with E-state index in [1.807, 2.05) is 12.1 Å². The van der Waals surface area contributed by atoms with Crippen LogP contribution < -0.4 is 15.1 Å². The highest BCUT2D eigenvalue weighted by Crippen LogP contribution is 2.34. The first kappa shape index (κ1) is 20.1. The van der Waals surface area contributed by atoms with Gasteiger partial charge in [-0.25, -0.2) is 0 Å². The molecule has 1 aliphatic heterocycles. The summed E-state index contributed by atoms with van der Waals surface area (Å²) < 4.78 is 5.90. The summed E-state index contributed by atoms with van der Waals surface area (Å²) in [6, 6.07) is 11.8. The van der Waals surface area contributed by atoms with Crippen molar-refractivity contribution >= 4 is 17.3 Å². The Morgan fingerprint density at radius 3 is 2.61 bits per heavy atom. The maximum absolute atomic E-state index is 12.3. The first-order valence-corrected chi connectivity index (χ1v) is 10.1. The molecule has 1 aromatic carbocycles. The lowest BCUT2D eigenvalue weighted by Crippen LogP contribution is -2.40. The largest absolute Gasteiger partial charge is 0.361 e. The molecule has 3 rings (SSSR count). The summed E-state index contributed by atoms with van der Waals surface area (Å²) in [7, 11) is 0. The monoisotopic (exact) mass is 382 g/mol. The zero-order valence-electron chi connectivity index (χ0n) is 16.6. The Morgan fingerprint density at radius 1 is 1.07 bits per heavy atom. The van der Waals surface area contributed by atoms with Gasteiger partial charge in [0, 0.05) is 19.0 Å². The third-order valence-corrected chi connectivity index (χ3v) is 4.90. The fourth-order valence-corrected chi connectivity index (χ4v) is 3.35. The van der Waals surface area contributed by atoms with E-state index in [4.69, 9.17) is 4.74 Å². The molecule has 0 aliphatic carbocycles. The Bertz CT molecular complexity index is 738. The minimum atomic E-state index is -0.118. The van der Waals surface area contributed by atoms with Gasteiger partial charge in [-0.15, -0.1) is 0 Å². The number of para-hydroxylation sites is 2. The molecule has 28 heavy (non-hydrogen) atoms. The number of nitrogens with one attached hydrogen (secondary N) is 1. The Labute approximate surface area is 167 Å². The second kappa shape index (κ2) is 10.7. The fourth-order valence-electron chi connectivity index (χ4n) is 3.35. The van der Waals surface area contributed by atoms with Gasteiger partial charge in [0.2, 0.25) is 0 Å². The molecule has 6 heteroatoms. The molecular formula is C22H30N4O2. The van der Waals surface area contributed by atoms with Crippen molar-refractivity contribution in [3.8, 4) is 0 Å². The molecule has 0 saturated carbocycles. The quantitative estimate of drug-likeness (QED) is 0.596. The van der Waals surface area contributed by atoms with Crippen molar-refractivity contribution in [2.45, 2.75) is 39.0 Å². The first-order valence-electron chi connectivity index (χ1n) is 10.1. The number of unbranched alkanes of at least 4 members (excludes halogenated alkanes) is 4. The fraction of sp³-hybridized carbons (Fsp3) is 0.455. The summed E-state index contributed by atoms with van der Waals surface area (Å²) in [5, 5.41) is 2.98. The Hall–Kier alpha value is -2.60. The number of carbonyl (C=O) groups excluding carboxylic acids is 1. The van der Waals surface area contributed by atoms with Crippen molar-refractivity contribution in [1.29, 1.82) is 0 Å². The lowest BCUT2D eigenvalue weighted by Gasteiger charge is -2.22. The number of rotatable bonds is 11. The molecule has 1 aromatic heterocycles. The summed E-state index contributed by atoms with van der Waals surface area (Å²) in [4.78, 5) is 20.7. The van der Waals surface area contributed by atoms with E-state index in [1.54, 1.807) is 24.5 Å². The maximum Gasteiger partial charge on any atom is 0.254 e. The third-order valence-electron chi connectivity index (χ3n) is 4.90. The van der Waals surface area contributed by atoms with E-state index in [0.29, 0.717) is 25.6 Å². The normalized spacial score (nSPS) is 12.9. The van der Waals surface area contributed by atoms with Gasteiger partial charge in [0.25, 0.3) is 5.91 Å². The number of fused-ring (bicyclic) bond motifs is 1. The summed E-state index contributed by atoms with van der Waals surface area (Å²) in [6.07, 6.45) is 9.44. The van der Waals surface area contributed by atoms with Gasteiger partial charge in [-0.05, 0) is 30.7 Å². The first-order chi connectivity index (χ1) is 13.8. The van der Waals surface area contributed by atoms with Gasteiger partial charge in [-0.1, -0.05) is 44.7 Å². The Kier molecular flexibility index (Phi) is 7.67. The van der Waals surface area contributed by atoms with Crippen molar-refractivity contribution in [1.82, 2.24) is 10.3 Å². The van der Waals surface area contributed by atoms with Crippen molar-refractivity contribution in [3.05, 3.63) is 54.4 Å². The standard InChI is InChI=1S/C22H30N4O2/c1-2-3-4-5-8-14-28-18-26-17-25(20-11-6-7-12-21(20)26)16-24-22(27)19-10-9-13-23-15-19/h6-7,9-13,15H,2-5,8,14,16-18H2,1H3,(H,24,27). The van der Waals surface area contributed by atoms with Crippen LogP contribution in [-0.2, 0) is 4.74 Å². The number of carbonyl (C=O) groups is 1. The number of hydrogen-bond acceptors (Lipinski definition) is 5. The van der Waals surface area contributed by atoms with Crippen LogP contribution in [0.15, 0.2) is 48.8 Å². The smallest absolute Gasteiger partial charge is 0.254 e. The van der Waals surface area contributed by atoms with Crippen molar-refractivity contribution in [3.63, 3.8) is 0 Å². The second-order valence-corrected chi connectivity index (χ2v) is 7.07. The minimum Gasteiger partial charge on any atom is -0.361 e. The van der Waals surface area contributed by atoms with Gasteiger partial charge >= 0.3 is 0 Å². The van der Waals surface area contributed by atoms with Crippen LogP contribution in [0.2, 0.25) is 0 Å². The van der Waals surface area contributed by atoms with E-state index >= 15 is 0 Å². The van der Waals surface area contributed by atoms with E-state index in [1.165, 1.54) is 25.7 Å². The number of nitrogens with zero attached hydrogens (tertiary/aromatic N) is 3. The molecule has 0 bridgehead atoms. The zero-order valence-corrected chi connectivity index (χ0v) is 16.6. The second-order valence-electron chi connectivity index (χ2n) is 7.07. The summed E-state index contributed by atoms with van der Waals surface area (Å²) in [5.74, 6) is -0.118. The predicted octanol–water partition coefficient (Wildman–Crippen LogP) is 4.00. The average Bonchev–Trinajstić information content (AvgIpc) is 3.10. The van der Waals surface area contributed by atoms with Crippen LogP contribution in [0.1, 0.15) is 49.4 Å². The van der Waals surface area contributed by atoms with Gasteiger partial charge in [-0.2, -0.15) is 0 Å². The van der Waals surface area contributed by atoms with Gasteiger partial charge in [-0.3, -0.25) is 9.78 Å². The van der Waals surface area contributed by atoms with E-state index < -0.39 is 0 Å². The topological polar surface area (TPSA) is 57.7 Å². The van der Waals surface area contributed by atoms with E-state index in [-0.39, 0.29) is 5.91 Å². The molecule has 0 saturated heterocycles. The highest BCUT2D eigenvalue weighted by molar-refractivity contribution is 5.94. The van der Waals surface area contributed by atoms with Crippen LogP contribution >= 0.6 is 0 Å². The van der Waals surface area contributed by atoms with Crippen molar-refractivity contribution in [2.24, 2.45) is 0 Å². The Morgan fingerprint density at radius 2 is 1.86 bits per heavy atom. The van der Waals surface area contributed by atoms with E-state index in [9.17, 15) is 4.79 Å². The van der Waals surface area contributed by atoms with Crippen LogP contribution in [0.4, 0.5) is 11.4 Å². The molecule has 0 atom stereocenters. The van der Waals surface area contributed by atoms with Gasteiger partial charge in [0.15, 0.2) is 0 Å². The number of hydrogen-bond donors (Lipinski definition) is 1. The minimum absolute atomic E-state index is 0.118. The molecule has 2 aromatic rings. The summed E-state index contributed by atoms with van der Waals surface area (Å²) >= 11 is 0. The van der Waals surface area contributed by atoms with Gasteiger partial charge in [0.05, 0.1) is 30.3 Å². The van der Waals surface area contributed by atoms with E-state index in [0.717, 1.165) is 24.4 Å². The highest BCUT2D eigenvalue weighted by Gasteiger charge is 2.25. The summed E-state index contributed by atoms with van der Waals surface area (Å²) in [5.41, 5.74) is 2.82. The van der Waals surface area contributed by atoms with Crippen LogP contribution in [0.25, 0.3) is 0 Å². The molecular weight excluding hydrogens is 352 g/mol. The van der Waals surface area contributed by atoms with Crippen molar-refractivity contribution in [2.75, 3.05) is 36.5 Å². The number of benzene rings is 1. The lowest BCUT2D eigenvalue weighted by molar-refractivity contribution is 0.0953. The SMILES string of the molecule is CCCCCCCOCN1CN(CNC(=O)c2cccnc2)c2ccccc21. The molecule has 1 aliphatic rings. The zero-order chi connectivity index (χ0) is 19.6.